The van der Waals surface area contributed by atoms with Gasteiger partial charge in [-0.3, -0.25) is 9.31 Å². The monoisotopic (exact) mass is 201 g/mol. The van der Waals surface area contributed by atoms with Gasteiger partial charge in [0.25, 0.3) is 0 Å². The molecule has 2 N–H and O–H groups in total. The average Bonchev–Trinajstić information content (AvgIpc) is 2.45. The first-order valence-corrected chi connectivity index (χ1v) is 5.92. The highest BCUT2D eigenvalue weighted by molar-refractivity contribution is 7.84. The minimum absolute atomic E-state index is 0.705. The van der Waals surface area contributed by atoms with Crippen molar-refractivity contribution in [1.29, 1.82) is 0 Å². The van der Waals surface area contributed by atoms with Gasteiger partial charge in [-0.05, 0) is 6.92 Å². The zero-order valence-corrected chi connectivity index (χ0v) is 8.78. The van der Waals surface area contributed by atoms with Crippen LogP contribution in [0.25, 0.3) is 0 Å². The number of rotatable bonds is 5. The molecule has 1 aromatic rings. The van der Waals surface area contributed by atoms with Crippen LogP contribution in [0, 0.1) is 6.92 Å². The average molecular weight is 201 g/mol. The van der Waals surface area contributed by atoms with Crippen molar-refractivity contribution in [2.45, 2.75) is 13.5 Å². The molecule has 1 rings (SSSR count). The van der Waals surface area contributed by atoms with E-state index in [1.807, 2.05) is 13.1 Å². The summed E-state index contributed by atoms with van der Waals surface area (Å²) in [6, 6.07) is 0. The van der Waals surface area contributed by atoms with Crippen LogP contribution in [0.1, 0.15) is 11.3 Å². The molecular formula is C8H15N3OS. The molecule has 13 heavy (non-hydrogen) atoms. The molecule has 0 radical (unpaired) electrons. The molecule has 4 nitrogen and oxygen atoms in total. The van der Waals surface area contributed by atoms with Crippen LogP contribution in [0.15, 0.2) is 6.20 Å². The molecule has 5 heteroatoms. The number of aryl methyl sites for hydroxylation is 1. The summed E-state index contributed by atoms with van der Waals surface area (Å²) in [4.78, 5) is 0. The van der Waals surface area contributed by atoms with Gasteiger partial charge in [0.15, 0.2) is 0 Å². The number of hydrogen-bond donors (Lipinski definition) is 2. The zero-order valence-electron chi connectivity index (χ0n) is 7.96. The number of nitrogens with zero attached hydrogens (tertiary/aromatic N) is 1. The van der Waals surface area contributed by atoms with Crippen LogP contribution in [0.4, 0.5) is 0 Å². The lowest BCUT2D eigenvalue weighted by Gasteiger charge is -2.01. The van der Waals surface area contributed by atoms with E-state index in [9.17, 15) is 4.21 Å². The number of nitrogens with one attached hydrogen (secondary N) is 2. The topological polar surface area (TPSA) is 57.8 Å². The first kappa shape index (κ1) is 10.4. The van der Waals surface area contributed by atoms with Gasteiger partial charge in [-0.25, -0.2) is 0 Å². The maximum Gasteiger partial charge on any atom is 0.0535 e. The van der Waals surface area contributed by atoms with Crippen LogP contribution in [0.2, 0.25) is 0 Å². The highest BCUT2D eigenvalue weighted by Crippen LogP contribution is 2.00. The zero-order chi connectivity index (χ0) is 9.68. The van der Waals surface area contributed by atoms with Crippen molar-refractivity contribution in [3.8, 4) is 0 Å². The Morgan fingerprint density at radius 1 is 1.69 bits per heavy atom. The van der Waals surface area contributed by atoms with Gasteiger partial charge >= 0.3 is 0 Å². The molecule has 0 aliphatic carbocycles. The first-order chi connectivity index (χ1) is 6.20. The molecule has 0 aliphatic heterocycles. The van der Waals surface area contributed by atoms with Gasteiger partial charge in [-0.2, -0.15) is 5.10 Å². The Morgan fingerprint density at radius 2 is 2.46 bits per heavy atom. The lowest BCUT2D eigenvalue weighted by molar-refractivity contribution is 0.676. The van der Waals surface area contributed by atoms with Gasteiger partial charge in [0, 0.05) is 47.2 Å². The quantitative estimate of drug-likeness (QED) is 0.668. The van der Waals surface area contributed by atoms with Crippen molar-refractivity contribution in [2.24, 2.45) is 0 Å². The minimum atomic E-state index is -0.705. The summed E-state index contributed by atoms with van der Waals surface area (Å²) in [7, 11) is -0.705. The summed E-state index contributed by atoms with van der Waals surface area (Å²) >= 11 is 0. The van der Waals surface area contributed by atoms with E-state index in [1.165, 1.54) is 5.56 Å². The van der Waals surface area contributed by atoms with Crippen LogP contribution in [0.5, 0.6) is 0 Å². The number of aromatic nitrogens is 2. The normalized spacial score (nSPS) is 13.1. The molecule has 1 atom stereocenters. The second-order valence-corrected chi connectivity index (χ2v) is 4.53. The predicted molar refractivity (Wildman–Crippen MR) is 54.0 cm³/mol. The SMILES string of the molecule is Cc1[nH]ncc1CNCCS(C)=O. The summed E-state index contributed by atoms with van der Waals surface area (Å²) in [5, 5.41) is 9.99. The summed E-state index contributed by atoms with van der Waals surface area (Å²) in [6.45, 7) is 3.56. The molecule has 0 aliphatic rings. The molecule has 0 saturated heterocycles. The highest BCUT2D eigenvalue weighted by Gasteiger charge is 1.98. The molecule has 1 unspecified atom stereocenters. The number of hydrogen-bond acceptors (Lipinski definition) is 3. The summed E-state index contributed by atoms with van der Waals surface area (Å²) in [5.74, 6) is 0.705. The number of aromatic amines is 1. The van der Waals surface area contributed by atoms with E-state index in [4.69, 9.17) is 0 Å². The van der Waals surface area contributed by atoms with E-state index in [-0.39, 0.29) is 0 Å². The molecule has 0 amide bonds. The summed E-state index contributed by atoms with van der Waals surface area (Å²) in [6.07, 6.45) is 3.52. The van der Waals surface area contributed by atoms with Crippen molar-refractivity contribution >= 4 is 10.8 Å². The van der Waals surface area contributed by atoms with E-state index in [2.05, 4.69) is 15.5 Å². The van der Waals surface area contributed by atoms with Crippen LogP contribution < -0.4 is 5.32 Å². The second-order valence-electron chi connectivity index (χ2n) is 2.97. The maximum atomic E-state index is 10.7. The molecule has 0 bridgehead atoms. The summed E-state index contributed by atoms with van der Waals surface area (Å²) in [5.41, 5.74) is 2.26. The first-order valence-electron chi connectivity index (χ1n) is 4.19. The third-order valence-corrected chi connectivity index (χ3v) is 2.60. The molecule has 0 saturated carbocycles. The Labute approximate surface area is 80.6 Å². The third kappa shape index (κ3) is 3.69. The fourth-order valence-electron chi connectivity index (χ4n) is 0.993. The lowest BCUT2D eigenvalue weighted by atomic mass is 10.3. The lowest BCUT2D eigenvalue weighted by Crippen LogP contribution is -2.19. The van der Waals surface area contributed by atoms with Crippen molar-refractivity contribution in [3.05, 3.63) is 17.5 Å². The Morgan fingerprint density at radius 3 is 3.00 bits per heavy atom. The van der Waals surface area contributed by atoms with Crippen molar-refractivity contribution < 1.29 is 4.21 Å². The van der Waals surface area contributed by atoms with Crippen LogP contribution in [0.3, 0.4) is 0 Å². The molecule has 0 fully saturated rings. The molecule has 0 spiro atoms. The van der Waals surface area contributed by atoms with Crippen molar-refractivity contribution in [2.75, 3.05) is 18.6 Å². The standard InChI is InChI=1S/C8H15N3OS/c1-7-8(6-10-11-7)5-9-3-4-13(2)12/h6,9H,3-5H2,1-2H3,(H,10,11). The summed E-state index contributed by atoms with van der Waals surface area (Å²) < 4.78 is 10.7. The Kier molecular flexibility index (Phi) is 4.11. The van der Waals surface area contributed by atoms with Crippen LogP contribution in [-0.4, -0.2) is 33.0 Å². The van der Waals surface area contributed by atoms with Gasteiger partial charge in [-0.1, -0.05) is 0 Å². The third-order valence-electron chi connectivity index (χ3n) is 1.82. The fourth-order valence-corrected chi connectivity index (χ4v) is 1.42. The van der Waals surface area contributed by atoms with Gasteiger partial charge in [-0.15, -0.1) is 0 Å². The van der Waals surface area contributed by atoms with Crippen molar-refractivity contribution in [3.63, 3.8) is 0 Å². The van der Waals surface area contributed by atoms with Crippen LogP contribution >= 0.6 is 0 Å². The van der Waals surface area contributed by atoms with Gasteiger partial charge < -0.3 is 5.32 Å². The molecule has 1 heterocycles. The van der Waals surface area contributed by atoms with E-state index >= 15 is 0 Å². The molecule has 74 valence electrons. The fraction of sp³-hybridized carbons (Fsp3) is 0.625. The maximum absolute atomic E-state index is 10.7. The van der Waals surface area contributed by atoms with E-state index in [0.717, 1.165) is 18.8 Å². The Hall–Kier alpha value is -0.680. The molecular weight excluding hydrogens is 186 g/mol. The van der Waals surface area contributed by atoms with E-state index in [0.29, 0.717) is 5.75 Å². The Balaban J connectivity index is 2.20. The molecule has 0 aromatic carbocycles. The van der Waals surface area contributed by atoms with Crippen molar-refractivity contribution in [1.82, 2.24) is 15.5 Å². The minimum Gasteiger partial charge on any atom is -0.312 e. The predicted octanol–water partition coefficient (Wildman–Crippen LogP) is 0.186. The van der Waals surface area contributed by atoms with Gasteiger partial charge in [0.2, 0.25) is 0 Å². The smallest absolute Gasteiger partial charge is 0.0535 e. The molecule has 1 aromatic heterocycles. The highest BCUT2D eigenvalue weighted by atomic mass is 32.2. The second kappa shape index (κ2) is 5.14. The Bertz CT molecular complexity index is 285. The van der Waals surface area contributed by atoms with E-state index in [1.54, 1.807) is 6.26 Å². The van der Waals surface area contributed by atoms with Crippen LogP contribution in [-0.2, 0) is 17.3 Å². The van der Waals surface area contributed by atoms with Gasteiger partial charge in [0.05, 0.1) is 6.20 Å². The number of H-pyrrole nitrogens is 1. The largest absolute Gasteiger partial charge is 0.312 e. The van der Waals surface area contributed by atoms with E-state index < -0.39 is 10.8 Å². The van der Waals surface area contributed by atoms with Gasteiger partial charge in [0.1, 0.15) is 0 Å².